The average Bonchev–Trinajstić information content (AvgIpc) is 3.13. The Balaban J connectivity index is 1.96. The quantitative estimate of drug-likeness (QED) is 0.789. The smallest absolute Gasteiger partial charge is 0.241 e. The first-order valence-corrected chi connectivity index (χ1v) is 7.13. The van der Waals surface area contributed by atoms with E-state index in [1.807, 2.05) is 37.4 Å². The second-order valence-corrected chi connectivity index (χ2v) is 5.20. The fourth-order valence-corrected chi connectivity index (χ4v) is 2.22. The minimum atomic E-state index is -0.127. The molecule has 0 heterocycles. The molecule has 17 heavy (non-hydrogen) atoms. The molecule has 1 aliphatic rings. The van der Waals surface area contributed by atoms with Crippen LogP contribution in [0.5, 0.6) is 0 Å². The Bertz CT molecular complexity index is 404. The summed E-state index contributed by atoms with van der Waals surface area (Å²) in [5, 5.41) is 6.26. The Morgan fingerprint density at radius 3 is 2.76 bits per heavy atom. The largest absolute Gasteiger partial charge is 0.324 e. The molecule has 92 valence electrons. The molecule has 2 N–H and O–H groups in total. The number of benzene rings is 1. The molecule has 1 aromatic carbocycles. The zero-order valence-electron chi connectivity index (χ0n) is 10.2. The molecule has 3 nitrogen and oxygen atoms in total. The van der Waals surface area contributed by atoms with E-state index in [1.165, 1.54) is 12.8 Å². The number of para-hydroxylation sites is 1. The average molecular weight is 250 g/mol. The molecule has 1 amide bonds. The molecule has 0 saturated heterocycles. The summed E-state index contributed by atoms with van der Waals surface area (Å²) in [6.07, 6.45) is 4.40. The van der Waals surface area contributed by atoms with Crippen LogP contribution in [-0.2, 0) is 4.79 Å². The summed E-state index contributed by atoms with van der Waals surface area (Å²) in [4.78, 5) is 13.1. The van der Waals surface area contributed by atoms with Gasteiger partial charge in [-0.15, -0.1) is 11.8 Å². The monoisotopic (exact) mass is 250 g/mol. The van der Waals surface area contributed by atoms with E-state index in [9.17, 15) is 4.79 Å². The highest BCUT2D eigenvalue weighted by molar-refractivity contribution is 7.98. The predicted octanol–water partition coefficient (Wildman–Crippen LogP) is 2.49. The van der Waals surface area contributed by atoms with Gasteiger partial charge in [-0.2, -0.15) is 0 Å². The summed E-state index contributed by atoms with van der Waals surface area (Å²) < 4.78 is 0. The van der Waals surface area contributed by atoms with Crippen LogP contribution < -0.4 is 10.6 Å². The lowest BCUT2D eigenvalue weighted by Gasteiger charge is -2.15. The number of carbonyl (C=O) groups excluding carboxylic acids is 1. The van der Waals surface area contributed by atoms with E-state index >= 15 is 0 Å². The van der Waals surface area contributed by atoms with Gasteiger partial charge in [0.15, 0.2) is 0 Å². The van der Waals surface area contributed by atoms with Gasteiger partial charge in [-0.05, 0) is 38.2 Å². The van der Waals surface area contributed by atoms with Crippen molar-refractivity contribution in [2.45, 2.75) is 36.7 Å². The van der Waals surface area contributed by atoms with Crippen LogP contribution in [0.2, 0.25) is 0 Å². The molecule has 1 aromatic rings. The molecule has 1 atom stereocenters. The third-order valence-corrected chi connectivity index (χ3v) is 3.62. The van der Waals surface area contributed by atoms with Gasteiger partial charge in [0.2, 0.25) is 5.91 Å². The van der Waals surface area contributed by atoms with Gasteiger partial charge >= 0.3 is 0 Å². The molecule has 4 heteroatoms. The highest BCUT2D eigenvalue weighted by Gasteiger charge is 2.25. The van der Waals surface area contributed by atoms with E-state index in [1.54, 1.807) is 11.8 Å². The summed E-state index contributed by atoms with van der Waals surface area (Å²) in [7, 11) is 0. The van der Waals surface area contributed by atoms with Crippen molar-refractivity contribution in [3.8, 4) is 0 Å². The number of amides is 1. The maximum atomic E-state index is 12.0. The van der Waals surface area contributed by atoms with Crippen LogP contribution >= 0.6 is 11.8 Å². The van der Waals surface area contributed by atoms with Crippen LogP contribution in [-0.4, -0.2) is 24.2 Å². The van der Waals surface area contributed by atoms with Gasteiger partial charge in [-0.3, -0.25) is 4.79 Å². The number of rotatable bonds is 5. The first-order chi connectivity index (χ1) is 8.20. The van der Waals surface area contributed by atoms with Crippen molar-refractivity contribution in [3.63, 3.8) is 0 Å². The number of nitrogens with one attached hydrogen (secondary N) is 2. The topological polar surface area (TPSA) is 41.1 Å². The lowest BCUT2D eigenvalue weighted by molar-refractivity contribution is -0.117. The van der Waals surface area contributed by atoms with E-state index in [0.717, 1.165) is 10.6 Å². The van der Waals surface area contributed by atoms with E-state index < -0.39 is 0 Å². The maximum absolute atomic E-state index is 12.0. The zero-order chi connectivity index (χ0) is 12.3. The number of anilines is 1. The minimum absolute atomic E-state index is 0.0402. The first kappa shape index (κ1) is 12.5. The van der Waals surface area contributed by atoms with Crippen LogP contribution in [0.15, 0.2) is 29.2 Å². The summed E-state index contributed by atoms with van der Waals surface area (Å²) in [6.45, 7) is 1.91. The zero-order valence-corrected chi connectivity index (χ0v) is 11.0. The Hall–Kier alpha value is -1.00. The standard InChI is InChI=1S/C13H18N2OS/c1-9(14-10-7-8-10)13(16)15-11-5-3-4-6-12(11)17-2/h3-6,9-10,14H,7-8H2,1-2H3,(H,15,16). The van der Waals surface area contributed by atoms with Gasteiger partial charge in [0.25, 0.3) is 0 Å². The van der Waals surface area contributed by atoms with Crippen molar-refractivity contribution in [2.75, 3.05) is 11.6 Å². The second kappa shape index (κ2) is 5.56. The van der Waals surface area contributed by atoms with Gasteiger partial charge in [0, 0.05) is 10.9 Å². The van der Waals surface area contributed by atoms with Crippen LogP contribution in [0.3, 0.4) is 0 Å². The number of hydrogen-bond acceptors (Lipinski definition) is 3. The van der Waals surface area contributed by atoms with Crippen molar-refractivity contribution in [1.29, 1.82) is 0 Å². The van der Waals surface area contributed by atoms with Crippen LogP contribution in [0.25, 0.3) is 0 Å². The predicted molar refractivity (Wildman–Crippen MR) is 72.5 cm³/mol. The van der Waals surface area contributed by atoms with Gasteiger partial charge in [0.1, 0.15) is 0 Å². The molecule has 0 radical (unpaired) electrons. The Morgan fingerprint density at radius 1 is 1.41 bits per heavy atom. The number of carbonyl (C=O) groups is 1. The summed E-state index contributed by atoms with van der Waals surface area (Å²) in [6, 6.07) is 8.29. The van der Waals surface area contributed by atoms with Crippen molar-refractivity contribution in [3.05, 3.63) is 24.3 Å². The number of hydrogen-bond donors (Lipinski definition) is 2. The molecule has 0 aromatic heterocycles. The lowest BCUT2D eigenvalue weighted by atomic mass is 10.2. The Kier molecular flexibility index (Phi) is 4.07. The first-order valence-electron chi connectivity index (χ1n) is 5.90. The molecule has 0 spiro atoms. The van der Waals surface area contributed by atoms with Gasteiger partial charge in [0.05, 0.1) is 11.7 Å². The molecule has 0 bridgehead atoms. The van der Waals surface area contributed by atoms with E-state index in [-0.39, 0.29) is 11.9 Å². The van der Waals surface area contributed by atoms with E-state index in [2.05, 4.69) is 10.6 Å². The highest BCUT2D eigenvalue weighted by Crippen LogP contribution is 2.25. The SMILES string of the molecule is CSc1ccccc1NC(=O)C(C)NC1CC1. The highest BCUT2D eigenvalue weighted by atomic mass is 32.2. The summed E-state index contributed by atoms with van der Waals surface area (Å²) in [5.74, 6) is 0.0402. The van der Waals surface area contributed by atoms with Crippen LogP contribution in [0.1, 0.15) is 19.8 Å². The van der Waals surface area contributed by atoms with Crippen LogP contribution in [0, 0.1) is 0 Å². The van der Waals surface area contributed by atoms with Gasteiger partial charge in [-0.1, -0.05) is 12.1 Å². The van der Waals surface area contributed by atoms with Crippen LogP contribution in [0.4, 0.5) is 5.69 Å². The molecule has 2 rings (SSSR count). The van der Waals surface area contributed by atoms with E-state index in [4.69, 9.17) is 0 Å². The normalized spacial score (nSPS) is 16.6. The molecule has 0 aliphatic heterocycles. The van der Waals surface area contributed by atoms with Gasteiger partial charge in [-0.25, -0.2) is 0 Å². The third-order valence-electron chi connectivity index (χ3n) is 2.82. The summed E-state index contributed by atoms with van der Waals surface area (Å²) in [5.41, 5.74) is 0.898. The molecule has 1 fully saturated rings. The fourth-order valence-electron chi connectivity index (χ4n) is 1.67. The van der Waals surface area contributed by atoms with E-state index in [0.29, 0.717) is 6.04 Å². The lowest BCUT2D eigenvalue weighted by Crippen LogP contribution is -2.39. The molecular formula is C13H18N2OS. The van der Waals surface area contributed by atoms with Gasteiger partial charge < -0.3 is 10.6 Å². The molecule has 1 unspecified atom stereocenters. The second-order valence-electron chi connectivity index (χ2n) is 4.35. The fraction of sp³-hybridized carbons (Fsp3) is 0.462. The maximum Gasteiger partial charge on any atom is 0.241 e. The van der Waals surface area contributed by atoms with Crippen molar-refractivity contribution in [2.24, 2.45) is 0 Å². The molecule has 1 aliphatic carbocycles. The Morgan fingerprint density at radius 2 is 2.12 bits per heavy atom. The van der Waals surface area contributed by atoms with Crippen molar-refractivity contribution >= 4 is 23.4 Å². The molecular weight excluding hydrogens is 232 g/mol. The summed E-state index contributed by atoms with van der Waals surface area (Å²) >= 11 is 1.64. The molecule has 1 saturated carbocycles. The number of thioether (sulfide) groups is 1. The Labute approximate surface area is 106 Å². The van der Waals surface area contributed by atoms with Crippen molar-refractivity contribution < 1.29 is 4.79 Å². The third kappa shape index (κ3) is 3.48. The van der Waals surface area contributed by atoms with Crippen molar-refractivity contribution in [1.82, 2.24) is 5.32 Å². The minimum Gasteiger partial charge on any atom is -0.324 e.